The Bertz CT molecular complexity index is 720. The fraction of sp³-hybridized carbons (Fsp3) is 0.214. The molecule has 0 aromatic carbocycles. The van der Waals surface area contributed by atoms with Crippen molar-refractivity contribution in [2.24, 2.45) is 0 Å². The summed E-state index contributed by atoms with van der Waals surface area (Å²) in [5, 5.41) is 7.32. The van der Waals surface area contributed by atoms with Crippen molar-refractivity contribution in [3.63, 3.8) is 0 Å². The van der Waals surface area contributed by atoms with Gasteiger partial charge in [-0.05, 0) is 36.5 Å². The summed E-state index contributed by atoms with van der Waals surface area (Å²) < 4.78 is 4.24. The lowest BCUT2D eigenvalue weighted by atomic mass is 10.2. The molecule has 0 radical (unpaired) electrons. The number of pyridine rings is 1. The van der Waals surface area contributed by atoms with Crippen LogP contribution in [0.25, 0.3) is 10.6 Å². The average molecular weight is 317 g/mol. The number of nitrogens with zero attached hydrogens (tertiary/aromatic N) is 3. The van der Waals surface area contributed by atoms with E-state index in [-0.39, 0.29) is 0 Å². The summed E-state index contributed by atoms with van der Waals surface area (Å²) in [6.45, 7) is 2.79. The third-order valence-corrected chi connectivity index (χ3v) is 4.77. The Morgan fingerprint density at radius 2 is 2.29 bits per heavy atom. The molecule has 108 valence electrons. The molecular formula is C14H15N5S2. The van der Waals surface area contributed by atoms with Crippen LogP contribution in [-0.2, 0) is 6.42 Å². The molecule has 7 heteroatoms. The summed E-state index contributed by atoms with van der Waals surface area (Å²) >= 11 is 2.97. The number of hydrogen-bond donors (Lipinski definition) is 2. The number of aromatic nitrogens is 3. The molecule has 3 aromatic rings. The normalized spacial score (nSPS) is 10.7. The third-order valence-electron chi connectivity index (χ3n) is 2.97. The van der Waals surface area contributed by atoms with E-state index in [9.17, 15) is 0 Å². The van der Waals surface area contributed by atoms with E-state index in [2.05, 4.69) is 25.7 Å². The van der Waals surface area contributed by atoms with E-state index in [1.165, 1.54) is 17.1 Å². The lowest BCUT2D eigenvalue weighted by molar-refractivity contribution is 1.01. The smallest absolute Gasteiger partial charge is 0.149 e. The highest BCUT2D eigenvalue weighted by molar-refractivity contribution is 7.15. The van der Waals surface area contributed by atoms with Gasteiger partial charge in [0.2, 0.25) is 0 Å². The lowest BCUT2D eigenvalue weighted by Crippen LogP contribution is -2.04. The van der Waals surface area contributed by atoms with E-state index in [0.29, 0.717) is 5.82 Å². The molecule has 3 heterocycles. The van der Waals surface area contributed by atoms with Crippen LogP contribution in [0, 0.1) is 6.92 Å². The van der Waals surface area contributed by atoms with Crippen molar-refractivity contribution >= 4 is 33.7 Å². The first-order chi connectivity index (χ1) is 10.2. The number of nitrogens with two attached hydrogens (primary N) is 1. The third kappa shape index (κ3) is 3.20. The molecule has 0 saturated carbocycles. The monoisotopic (exact) mass is 317 g/mol. The fourth-order valence-electron chi connectivity index (χ4n) is 1.96. The maximum absolute atomic E-state index is 5.98. The first kappa shape index (κ1) is 14.0. The lowest BCUT2D eigenvalue weighted by Gasteiger charge is -2.05. The summed E-state index contributed by atoms with van der Waals surface area (Å²) in [5.41, 5.74) is 9.11. The minimum Gasteiger partial charge on any atom is -0.382 e. The quantitative estimate of drug-likeness (QED) is 0.755. The van der Waals surface area contributed by atoms with E-state index in [4.69, 9.17) is 5.73 Å². The van der Waals surface area contributed by atoms with Crippen molar-refractivity contribution in [2.45, 2.75) is 13.3 Å². The maximum atomic E-state index is 5.98. The standard InChI is InChI=1S/C14H15N5S2/c1-9-8-20-14(18-9)11-12(15)19-21-13(11)17-6-4-10-3-2-5-16-7-10/h2-3,5,7-8,17H,4,6H2,1H3,(H2,15,19). The van der Waals surface area contributed by atoms with E-state index < -0.39 is 0 Å². The van der Waals surface area contributed by atoms with Crippen molar-refractivity contribution in [2.75, 3.05) is 17.6 Å². The van der Waals surface area contributed by atoms with Crippen molar-refractivity contribution in [1.29, 1.82) is 0 Å². The van der Waals surface area contributed by atoms with Gasteiger partial charge < -0.3 is 11.1 Å². The summed E-state index contributed by atoms with van der Waals surface area (Å²) in [5.74, 6) is 0.540. The van der Waals surface area contributed by atoms with Crippen LogP contribution >= 0.6 is 22.9 Å². The Morgan fingerprint density at radius 1 is 1.38 bits per heavy atom. The second kappa shape index (κ2) is 6.19. The molecule has 0 bridgehead atoms. The predicted octanol–water partition coefficient (Wildman–Crippen LogP) is 3.21. The second-order valence-electron chi connectivity index (χ2n) is 4.60. The van der Waals surface area contributed by atoms with Gasteiger partial charge in [0.05, 0.1) is 5.56 Å². The van der Waals surface area contributed by atoms with Crippen LogP contribution < -0.4 is 11.1 Å². The first-order valence-electron chi connectivity index (χ1n) is 6.54. The van der Waals surface area contributed by atoms with Crippen molar-refractivity contribution in [3.8, 4) is 10.6 Å². The highest BCUT2D eigenvalue weighted by atomic mass is 32.1. The Kier molecular flexibility index (Phi) is 4.12. The Morgan fingerprint density at radius 3 is 3.00 bits per heavy atom. The van der Waals surface area contributed by atoms with Crippen molar-refractivity contribution in [3.05, 3.63) is 41.2 Å². The number of nitrogen functional groups attached to an aromatic ring is 1. The zero-order chi connectivity index (χ0) is 14.7. The molecule has 5 nitrogen and oxygen atoms in total. The SMILES string of the molecule is Cc1csc(-c2c(N)nsc2NCCc2cccnc2)n1. The van der Waals surface area contributed by atoms with Gasteiger partial charge >= 0.3 is 0 Å². The molecule has 0 amide bonds. The van der Waals surface area contributed by atoms with E-state index in [1.54, 1.807) is 17.5 Å². The zero-order valence-corrected chi connectivity index (χ0v) is 13.2. The minimum atomic E-state index is 0.540. The summed E-state index contributed by atoms with van der Waals surface area (Å²) in [6.07, 6.45) is 4.57. The Balaban J connectivity index is 1.72. The van der Waals surface area contributed by atoms with Gasteiger partial charge in [-0.2, -0.15) is 4.37 Å². The van der Waals surface area contributed by atoms with Crippen LogP contribution in [-0.4, -0.2) is 20.9 Å². The number of nitrogens with one attached hydrogen (secondary N) is 1. The van der Waals surface area contributed by atoms with Gasteiger partial charge in [0, 0.05) is 30.0 Å². The molecule has 0 aliphatic heterocycles. The number of anilines is 2. The van der Waals surface area contributed by atoms with Gasteiger partial charge in [0.1, 0.15) is 15.8 Å². The first-order valence-corrected chi connectivity index (χ1v) is 8.20. The molecule has 0 saturated heterocycles. The van der Waals surface area contributed by atoms with Gasteiger partial charge in [-0.1, -0.05) is 6.07 Å². The van der Waals surface area contributed by atoms with Crippen LogP contribution in [0.2, 0.25) is 0 Å². The van der Waals surface area contributed by atoms with Crippen LogP contribution in [0.3, 0.4) is 0 Å². The van der Waals surface area contributed by atoms with Crippen LogP contribution in [0.5, 0.6) is 0 Å². The summed E-state index contributed by atoms with van der Waals surface area (Å²) in [7, 11) is 0. The molecule has 0 unspecified atom stereocenters. The molecule has 0 atom stereocenters. The van der Waals surface area contributed by atoms with Gasteiger partial charge in [-0.15, -0.1) is 11.3 Å². The molecule has 21 heavy (non-hydrogen) atoms. The van der Waals surface area contributed by atoms with Crippen molar-refractivity contribution in [1.82, 2.24) is 14.3 Å². The number of rotatable bonds is 5. The van der Waals surface area contributed by atoms with Gasteiger partial charge in [0.15, 0.2) is 0 Å². The van der Waals surface area contributed by atoms with Gasteiger partial charge in [0.25, 0.3) is 0 Å². The predicted molar refractivity (Wildman–Crippen MR) is 88.8 cm³/mol. The second-order valence-corrected chi connectivity index (χ2v) is 6.24. The van der Waals surface area contributed by atoms with Gasteiger partial charge in [-0.3, -0.25) is 4.98 Å². The Labute approximate surface area is 131 Å². The molecular weight excluding hydrogens is 302 g/mol. The zero-order valence-electron chi connectivity index (χ0n) is 11.5. The molecule has 0 fully saturated rings. The average Bonchev–Trinajstić information content (AvgIpc) is 3.06. The molecule has 3 N–H and O–H groups in total. The number of aryl methyl sites for hydroxylation is 1. The number of hydrogen-bond acceptors (Lipinski definition) is 7. The topological polar surface area (TPSA) is 76.7 Å². The van der Waals surface area contributed by atoms with Crippen LogP contribution in [0.15, 0.2) is 29.9 Å². The highest BCUT2D eigenvalue weighted by Crippen LogP contribution is 2.38. The summed E-state index contributed by atoms with van der Waals surface area (Å²) in [6, 6.07) is 4.02. The maximum Gasteiger partial charge on any atom is 0.149 e. The molecule has 3 rings (SSSR count). The van der Waals surface area contributed by atoms with Crippen LogP contribution in [0.4, 0.5) is 10.8 Å². The highest BCUT2D eigenvalue weighted by Gasteiger charge is 2.16. The van der Waals surface area contributed by atoms with Crippen molar-refractivity contribution < 1.29 is 0 Å². The van der Waals surface area contributed by atoms with E-state index in [1.807, 2.05) is 24.6 Å². The largest absolute Gasteiger partial charge is 0.382 e. The summed E-state index contributed by atoms with van der Waals surface area (Å²) in [4.78, 5) is 8.61. The van der Waals surface area contributed by atoms with Crippen LogP contribution in [0.1, 0.15) is 11.3 Å². The fourth-order valence-corrected chi connectivity index (χ4v) is 3.63. The molecule has 0 spiro atoms. The van der Waals surface area contributed by atoms with E-state index in [0.717, 1.165) is 34.2 Å². The molecule has 3 aromatic heterocycles. The Hall–Kier alpha value is -1.99. The van der Waals surface area contributed by atoms with Gasteiger partial charge in [-0.25, -0.2) is 4.98 Å². The molecule has 0 aliphatic rings. The molecule has 0 aliphatic carbocycles. The number of thiazole rings is 1. The van der Waals surface area contributed by atoms with E-state index >= 15 is 0 Å². The minimum absolute atomic E-state index is 0.540.